The molecule has 2 aromatic rings. The molecule has 2 N–H and O–H groups in total. The highest BCUT2D eigenvalue weighted by Crippen LogP contribution is 2.30. The van der Waals surface area contributed by atoms with Crippen LogP contribution in [0.1, 0.15) is 54.8 Å². The molecule has 1 aliphatic rings. The zero-order valence-electron chi connectivity index (χ0n) is 12.2. The van der Waals surface area contributed by atoms with Crippen molar-refractivity contribution in [1.82, 2.24) is 10.3 Å². The van der Waals surface area contributed by atoms with Crippen LogP contribution in [0, 0.1) is 0 Å². The predicted molar refractivity (Wildman–Crippen MR) is 82.7 cm³/mol. The fourth-order valence-corrected chi connectivity index (χ4v) is 3.35. The van der Waals surface area contributed by atoms with E-state index in [0.29, 0.717) is 11.0 Å². The molecule has 0 radical (unpaired) electrons. The van der Waals surface area contributed by atoms with Crippen molar-refractivity contribution in [2.24, 2.45) is 0 Å². The molecule has 0 aliphatic heterocycles. The molecule has 0 spiro atoms. The number of aryl methyl sites for hydroxylation is 1. The van der Waals surface area contributed by atoms with Crippen LogP contribution in [0.25, 0.3) is 0 Å². The summed E-state index contributed by atoms with van der Waals surface area (Å²) in [6, 6.07) is 1.76. The van der Waals surface area contributed by atoms with Gasteiger partial charge in [0.1, 0.15) is 5.76 Å². The maximum absolute atomic E-state index is 12.1. The van der Waals surface area contributed by atoms with Gasteiger partial charge in [-0.3, -0.25) is 5.32 Å². The standard InChI is InChI=1S/C15H19N3O2S/c1-9(2)13-8-16-15(21-13)18-14(19)17-11-4-3-5-12-10(11)6-7-20-12/h6-9,11H,3-5H2,1-2H3,(H2,16,17,18,19)/t11-/m0/s1. The van der Waals surface area contributed by atoms with E-state index >= 15 is 0 Å². The summed E-state index contributed by atoms with van der Waals surface area (Å²) in [5, 5.41) is 6.46. The molecular weight excluding hydrogens is 286 g/mol. The first-order chi connectivity index (χ1) is 10.1. The smallest absolute Gasteiger partial charge is 0.321 e. The Balaban J connectivity index is 1.62. The lowest BCUT2D eigenvalue weighted by Crippen LogP contribution is -2.33. The molecule has 0 saturated heterocycles. The average molecular weight is 305 g/mol. The van der Waals surface area contributed by atoms with E-state index in [2.05, 4.69) is 29.5 Å². The molecule has 0 fully saturated rings. The first-order valence-electron chi connectivity index (χ1n) is 7.23. The number of thiazole rings is 1. The molecule has 0 unspecified atom stereocenters. The molecule has 1 atom stereocenters. The second kappa shape index (κ2) is 5.89. The minimum absolute atomic E-state index is 0.0250. The third-order valence-corrected chi connectivity index (χ3v) is 4.88. The van der Waals surface area contributed by atoms with Crippen LogP contribution in [-0.4, -0.2) is 11.0 Å². The summed E-state index contributed by atoms with van der Waals surface area (Å²) >= 11 is 1.52. The quantitative estimate of drug-likeness (QED) is 0.898. The lowest BCUT2D eigenvalue weighted by atomic mass is 9.93. The lowest BCUT2D eigenvalue weighted by Gasteiger charge is -2.22. The highest BCUT2D eigenvalue weighted by atomic mass is 32.1. The van der Waals surface area contributed by atoms with Gasteiger partial charge in [-0.25, -0.2) is 9.78 Å². The molecule has 0 aromatic carbocycles. The number of nitrogens with one attached hydrogen (secondary N) is 2. The van der Waals surface area contributed by atoms with Gasteiger partial charge < -0.3 is 9.73 Å². The number of aromatic nitrogens is 1. The number of hydrogen-bond acceptors (Lipinski definition) is 4. The second-order valence-corrected chi connectivity index (χ2v) is 6.63. The summed E-state index contributed by atoms with van der Waals surface area (Å²) < 4.78 is 5.43. The van der Waals surface area contributed by atoms with E-state index in [0.717, 1.165) is 30.6 Å². The van der Waals surface area contributed by atoms with E-state index in [1.165, 1.54) is 16.2 Å². The third-order valence-electron chi connectivity index (χ3n) is 3.67. The number of carbonyl (C=O) groups excluding carboxylic acids is 1. The number of hydrogen-bond donors (Lipinski definition) is 2. The summed E-state index contributed by atoms with van der Waals surface area (Å²) in [6.07, 6.45) is 6.43. The van der Waals surface area contributed by atoms with E-state index in [9.17, 15) is 4.79 Å². The summed E-state index contributed by atoms with van der Waals surface area (Å²) in [6.45, 7) is 4.22. The molecular formula is C15H19N3O2S. The molecule has 0 bridgehead atoms. The highest BCUT2D eigenvalue weighted by molar-refractivity contribution is 7.15. The minimum Gasteiger partial charge on any atom is -0.469 e. The Hall–Kier alpha value is -1.82. The Morgan fingerprint density at radius 1 is 1.52 bits per heavy atom. The van der Waals surface area contributed by atoms with Gasteiger partial charge in [0.2, 0.25) is 0 Å². The number of nitrogens with zero attached hydrogens (tertiary/aromatic N) is 1. The van der Waals surface area contributed by atoms with Crippen LogP contribution in [0.5, 0.6) is 0 Å². The Labute approximate surface area is 127 Å². The Bertz CT molecular complexity index is 632. The first kappa shape index (κ1) is 14.1. The van der Waals surface area contributed by atoms with Crippen molar-refractivity contribution in [2.45, 2.75) is 45.1 Å². The summed E-state index contributed by atoms with van der Waals surface area (Å²) in [7, 11) is 0. The monoisotopic (exact) mass is 305 g/mol. The van der Waals surface area contributed by atoms with Crippen LogP contribution in [-0.2, 0) is 6.42 Å². The largest absolute Gasteiger partial charge is 0.469 e. The molecule has 2 heterocycles. The summed E-state index contributed by atoms with van der Waals surface area (Å²) in [5.41, 5.74) is 1.10. The van der Waals surface area contributed by atoms with Gasteiger partial charge >= 0.3 is 6.03 Å². The van der Waals surface area contributed by atoms with Crippen LogP contribution < -0.4 is 10.6 Å². The number of rotatable bonds is 3. The van der Waals surface area contributed by atoms with E-state index in [1.807, 2.05) is 12.3 Å². The van der Waals surface area contributed by atoms with Gasteiger partial charge in [-0.05, 0) is 24.8 Å². The zero-order valence-corrected chi connectivity index (χ0v) is 13.0. The van der Waals surface area contributed by atoms with Crippen molar-refractivity contribution in [2.75, 3.05) is 5.32 Å². The number of carbonyl (C=O) groups is 1. The summed E-state index contributed by atoms with van der Waals surface area (Å²) in [5.74, 6) is 1.41. The van der Waals surface area contributed by atoms with Crippen LogP contribution in [0.15, 0.2) is 22.9 Å². The topological polar surface area (TPSA) is 67.2 Å². The second-order valence-electron chi connectivity index (χ2n) is 5.56. The molecule has 5 nitrogen and oxygen atoms in total. The van der Waals surface area contributed by atoms with Gasteiger partial charge in [0, 0.05) is 23.1 Å². The van der Waals surface area contributed by atoms with Crippen molar-refractivity contribution in [3.05, 3.63) is 34.7 Å². The summed E-state index contributed by atoms with van der Waals surface area (Å²) in [4.78, 5) is 17.5. The van der Waals surface area contributed by atoms with Crippen molar-refractivity contribution in [3.8, 4) is 0 Å². The van der Waals surface area contributed by atoms with E-state index < -0.39 is 0 Å². The number of anilines is 1. The first-order valence-corrected chi connectivity index (χ1v) is 8.04. The van der Waals surface area contributed by atoms with E-state index in [4.69, 9.17) is 4.42 Å². The highest BCUT2D eigenvalue weighted by Gasteiger charge is 2.24. The number of fused-ring (bicyclic) bond motifs is 1. The van der Waals surface area contributed by atoms with E-state index in [-0.39, 0.29) is 12.1 Å². The number of furan rings is 1. The molecule has 1 aliphatic carbocycles. The van der Waals surface area contributed by atoms with Crippen molar-refractivity contribution in [3.63, 3.8) is 0 Å². The Morgan fingerprint density at radius 3 is 3.14 bits per heavy atom. The fraction of sp³-hybridized carbons (Fsp3) is 0.467. The average Bonchev–Trinajstić information content (AvgIpc) is 3.07. The maximum Gasteiger partial charge on any atom is 0.321 e. The Kier molecular flexibility index (Phi) is 3.96. The molecule has 6 heteroatoms. The van der Waals surface area contributed by atoms with Crippen molar-refractivity contribution < 1.29 is 9.21 Å². The van der Waals surface area contributed by atoms with Crippen LogP contribution in [0.4, 0.5) is 9.93 Å². The van der Waals surface area contributed by atoms with Gasteiger partial charge in [-0.1, -0.05) is 13.8 Å². The molecule has 0 saturated carbocycles. The van der Waals surface area contributed by atoms with E-state index in [1.54, 1.807) is 6.26 Å². The van der Waals surface area contributed by atoms with Gasteiger partial charge in [0.25, 0.3) is 0 Å². The predicted octanol–water partition coefficient (Wildman–Crippen LogP) is 4.06. The molecule has 112 valence electrons. The lowest BCUT2D eigenvalue weighted by molar-refractivity contribution is 0.246. The zero-order chi connectivity index (χ0) is 14.8. The van der Waals surface area contributed by atoms with Crippen LogP contribution >= 0.6 is 11.3 Å². The molecule has 2 amide bonds. The third kappa shape index (κ3) is 3.10. The number of urea groups is 1. The van der Waals surface area contributed by atoms with Crippen molar-refractivity contribution >= 4 is 22.5 Å². The van der Waals surface area contributed by atoms with Crippen molar-refractivity contribution in [1.29, 1.82) is 0 Å². The van der Waals surface area contributed by atoms with Gasteiger partial charge in [0.05, 0.1) is 12.3 Å². The Morgan fingerprint density at radius 2 is 2.38 bits per heavy atom. The molecule has 21 heavy (non-hydrogen) atoms. The minimum atomic E-state index is -0.210. The molecule has 2 aromatic heterocycles. The van der Waals surface area contributed by atoms with Gasteiger partial charge in [-0.2, -0.15) is 0 Å². The van der Waals surface area contributed by atoms with Crippen LogP contribution in [0.2, 0.25) is 0 Å². The fourth-order valence-electron chi connectivity index (χ4n) is 2.54. The van der Waals surface area contributed by atoms with Crippen LogP contribution in [0.3, 0.4) is 0 Å². The SMILES string of the molecule is CC(C)c1cnc(NC(=O)N[C@H]2CCCc3occc32)s1. The normalized spacial score (nSPS) is 17.6. The van der Waals surface area contributed by atoms with Gasteiger partial charge in [0.15, 0.2) is 5.13 Å². The molecule has 3 rings (SSSR count). The van der Waals surface area contributed by atoms with Gasteiger partial charge in [-0.15, -0.1) is 11.3 Å². The number of amides is 2. The maximum atomic E-state index is 12.1.